The fourth-order valence-corrected chi connectivity index (χ4v) is 0.371. The molecule has 0 aliphatic heterocycles. The van der Waals surface area contributed by atoms with Crippen molar-refractivity contribution in [2.45, 2.75) is 0 Å². The van der Waals surface area contributed by atoms with Crippen molar-refractivity contribution in [2.75, 3.05) is 0 Å². The lowest BCUT2D eigenvalue weighted by Crippen LogP contribution is -2.08. The maximum absolute atomic E-state index is 10.2. The Morgan fingerprint density at radius 1 is 1.80 bits per heavy atom. The van der Waals surface area contributed by atoms with Crippen molar-refractivity contribution in [1.29, 1.82) is 0 Å². The zero-order chi connectivity index (χ0) is 7.40. The van der Waals surface area contributed by atoms with Crippen molar-refractivity contribution in [3.8, 4) is 6.08 Å². The first-order valence-corrected chi connectivity index (χ1v) is 2.39. The zero-order valence-corrected chi connectivity index (χ0v) is 4.81. The van der Waals surface area contributed by atoms with Crippen molar-refractivity contribution in [3.05, 3.63) is 12.5 Å². The Kier molecular flexibility index (Phi) is 1.79. The molecule has 0 aromatic carbocycles. The monoisotopic (exact) mass is 141 g/mol. The molecule has 0 spiro atoms. The molecule has 0 bridgehead atoms. The summed E-state index contributed by atoms with van der Waals surface area (Å²) in [7, 11) is 0. The van der Waals surface area contributed by atoms with E-state index in [1.807, 2.05) is 0 Å². The molecule has 0 saturated carbocycles. The zero-order valence-electron chi connectivity index (χ0n) is 4.81. The van der Waals surface area contributed by atoms with Gasteiger partial charge in [0.05, 0.1) is 6.20 Å². The highest BCUT2D eigenvalue weighted by atomic mass is 16.6. The van der Waals surface area contributed by atoms with E-state index in [9.17, 15) is 9.59 Å². The molecule has 0 saturated heterocycles. The number of aromatic nitrogens is 1. The second-order valence-electron chi connectivity index (χ2n) is 1.34. The SMILES string of the molecule is O=CC(=O)Oc1ncco1. The number of oxazole rings is 1. The minimum Gasteiger partial charge on any atom is -0.417 e. The van der Waals surface area contributed by atoms with Crippen LogP contribution in [0.25, 0.3) is 0 Å². The fraction of sp³-hybridized carbons (Fsp3) is 0. The molecular weight excluding hydrogens is 138 g/mol. The second-order valence-corrected chi connectivity index (χ2v) is 1.34. The summed E-state index contributed by atoms with van der Waals surface area (Å²) in [5.74, 6) is -1.03. The van der Waals surface area contributed by atoms with Gasteiger partial charge in [-0.1, -0.05) is 0 Å². The first-order valence-electron chi connectivity index (χ1n) is 2.39. The number of hydrogen-bond donors (Lipinski definition) is 0. The minimum atomic E-state index is -1.03. The Labute approximate surface area is 55.6 Å². The highest BCUT2D eigenvalue weighted by Crippen LogP contribution is 2.03. The molecule has 0 amide bonds. The van der Waals surface area contributed by atoms with Gasteiger partial charge in [-0.15, -0.1) is 0 Å². The van der Waals surface area contributed by atoms with Crippen LogP contribution in [0.15, 0.2) is 16.9 Å². The fourth-order valence-electron chi connectivity index (χ4n) is 0.371. The van der Waals surface area contributed by atoms with E-state index in [4.69, 9.17) is 0 Å². The highest BCUT2D eigenvalue weighted by Gasteiger charge is 2.04. The topological polar surface area (TPSA) is 69.4 Å². The molecule has 10 heavy (non-hydrogen) atoms. The number of hydrogen-bond acceptors (Lipinski definition) is 5. The van der Waals surface area contributed by atoms with Gasteiger partial charge in [0.15, 0.2) is 0 Å². The largest absolute Gasteiger partial charge is 0.417 e. The van der Waals surface area contributed by atoms with Crippen LogP contribution in [0.1, 0.15) is 0 Å². The number of carbonyl (C=O) groups excluding carboxylic acids is 2. The summed E-state index contributed by atoms with van der Waals surface area (Å²) < 4.78 is 8.71. The highest BCUT2D eigenvalue weighted by molar-refractivity contribution is 6.20. The lowest BCUT2D eigenvalue weighted by atomic mass is 10.8. The van der Waals surface area contributed by atoms with Crippen LogP contribution in [0.4, 0.5) is 0 Å². The Bertz CT molecular complexity index is 228. The van der Waals surface area contributed by atoms with Crippen LogP contribution < -0.4 is 4.74 Å². The van der Waals surface area contributed by atoms with Gasteiger partial charge in [-0.3, -0.25) is 4.79 Å². The number of nitrogens with zero attached hydrogens (tertiary/aromatic N) is 1. The number of carbonyl (C=O) groups is 2. The summed E-state index contributed by atoms with van der Waals surface area (Å²) in [6.07, 6.45) is 2.34. The number of aldehydes is 1. The third-order valence-corrected chi connectivity index (χ3v) is 0.694. The molecule has 0 atom stereocenters. The van der Waals surface area contributed by atoms with Crippen molar-refractivity contribution in [2.24, 2.45) is 0 Å². The van der Waals surface area contributed by atoms with Gasteiger partial charge in [0, 0.05) is 0 Å². The summed E-state index contributed by atoms with van der Waals surface area (Å²) in [5, 5.41) is 0. The Hall–Kier alpha value is -1.65. The van der Waals surface area contributed by atoms with E-state index in [2.05, 4.69) is 14.1 Å². The summed E-state index contributed by atoms with van der Waals surface area (Å²) >= 11 is 0. The number of rotatable bonds is 2. The van der Waals surface area contributed by atoms with E-state index in [1.165, 1.54) is 12.5 Å². The summed E-state index contributed by atoms with van der Waals surface area (Å²) in [5.41, 5.74) is 0. The molecule has 0 radical (unpaired) electrons. The van der Waals surface area contributed by atoms with E-state index in [1.54, 1.807) is 0 Å². The second kappa shape index (κ2) is 2.77. The summed E-state index contributed by atoms with van der Waals surface area (Å²) in [6, 6.07) is 0. The van der Waals surface area contributed by atoms with Crippen LogP contribution in [-0.4, -0.2) is 17.2 Å². The van der Waals surface area contributed by atoms with Crippen LogP contribution in [0.5, 0.6) is 6.08 Å². The molecule has 52 valence electrons. The number of ether oxygens (including phenoxy) is 1. The quantitative estimate of drug-likeness (QED) is 0.323. The normalized spacial score (nSPS) is 8.80. The van der Waals surface area contributed by atoms with Crippen LogP contribution in [0, 0.1) is 0 Å². The van der Waals surface area contributed by atoms with Crippen molar-refractivity contribution in [3.63, 3.8) is 0 Å². The van der Waals surface area contributed by atoms with Gasteiger partial charge in [0.25, 0.3) is 0 Å². The molecule has 0 unspecified atom stereocenters. The standard InChI is InChI=1S/C5H3NO4/c7-3-4(8)10-5-6-1-2-9-5/h1-3H. The minimum absolute atomic E-state index is 0.0319. The van der Waals surface area contributed by atoms with E-state index >= 15 is 0 Å². The first kappa shape index (κ1) is 6.47. The predicted octanol–water partition coefficient (Wildman–Crippen LogP) is -0.221. The Morgan fingerprint density at radius 2 is 2.60 bits per heavy atom. The molecule has 1 heterocycles. The molecule has 0 aliphatic rings. The van der Waals surface area contributed by atoms with Crippen molar-refractivity contribution >= 4 is 12.3 Å². The molecule has 5 heteroatoms. The van der Waals surface area contributed by atoms with Gasteiger partial charge in [-0.2, -0.15) is 4.98 Å². The van der Waals surface area contributed by atoms with E-state index in [0.29, 0.717) is 0 Å². The molecule has 0 aliphatic carbocycles. The van der Waals surface area contributed by atoms with Crippen LogP contribution in [0.3, 0.4) is 0 Å². The van der Waals surface area contributed by atoms with E-state index in [-0.39, 0.29) is 12.4 Å². The van der Waals surface area contributed by atoms with Gasteiger partial charge < -0.3 is 9.15 Å². The number of esters is 1. The summed E-state index contributed by atoms with van der Waals surface area (Å²) in [6.45, 7) is 0. The van der Waals surface area contributed by atoms with Gasteiger partial charge in [-0.25, -0.2) is 4.79 Å². The van der Waals surface area contributed by atoms with Crippen molar-refractivity contribution < 1.29 is 18.7 Å². The van der Waals surface area contributed by atoms with Gasteiger partial charge in [-0.05, 0) is 0 Å². The predicted molar refractivity (Wildman–Crippen MR) is 28.2 cm³/mol. The lowest BCUT2D eigenvalue weighted by molar-refractivity contribution is -0.142. The molecular formula is C5H3NO4. The van der Waals surface area contributed by atoms with Gasteiger partial charge in [0.1, 0.15) is 6.26 Å². The molecule has 1 aromatic heterocycles. The van der Waals surface area contributed by atoms with Crippen LogP contribution in [0.2, 0.25) is 0 Å². The Balaban J connectivity index is 2.56. The van der Waals surface area contributed by atoms with Crippen LogP contribution in [-0.2, 0) is 9.59 Å². The van der Waals surface area contributed by atoms with Gasteiger partial charge in [0.2, 0.25) is 6.29 Å². The molecule has 1 rings (SSSR count). The maximum Gasteiger partial charge on any atom is 0.401 e. The third-order valence-electron chi connectivity index (χ3n) is 0.694. The molecule has 1 aromatic rings. The summed E-state index contributed by atoms with van der Waals surface area (Å²) in [4.78, 5) is 23.3. The molecule has 5 nitrogen and oxygen atoms in total. The first-order chi connectivity index (χ1) is 4.83. The average molecular weight is 141 g/mol. The van der Waals surface area contributed by atoms with Gasteiger partial charge >= 0.3 is 12.0 Å². The Morgan fingerprint density at radius 3 is 3.10 bits per heavy atom. The lowest BCUT2D eigenvalue weighted by Gasteiger charge is -1.88. The maximum atomic E-state index is 10.2. The molecule has 0 N–H and O–H groups in total. The van der Waals surface area contributed by atoms with Crippen molar-refractivity contribution in [1.82, 2.24) is 4.98 Å². The third kappa shape index (κ3) is 1.41. The van der Waals surface area contributed by atoms with E-state index in [0.717, 1.165) is 0 Å². The van der Waals surface area contributed by atoms with Crippen LogP contribution >= 0.6 is 0 Å². The average Bonchev–Trinajstić information content (AvgIpc) is 2.40. The van der Waals surface area contributed by atoms with E-state index < -0.39 is 5.97 Å². The smallest absolute Gasteiger partial charge is 0.401 e. The molecule has 0 fully saturated rings.